The molecule has 1 heterocycles. The number of nitrogens with zero attached hydrogens (tertiary/aromatic N) is 1. The van der Waals surface area contributed by atoms with Crippen molar-refractivity contribution in [3.8, 4) is 0 Å². The standard InChI is InChI=1S/C25H32N2O2/c1-19(2)21-14-11-20(12-15-21)13-16-24(28)26-23-10-6-5-9-22(23)25(29)27-17-7-3-4-8-18-27/h5-6,9-12,14-15,19H,3-4,7-8,13,16-18H2,1-2H3,(H,26,28). The summed E-state index contributed by atoms with van der Waals surface area (Å²) >= 11 is 0. The Labute approximate surface area is 174 Å². The molecule has 0 aromatic heterocycles. The molecule has 154 valence electrons. The van der Waals surface area contributed by atoms with Crippen molar-refractivity contribution in [2.24, 2.45) is 0 Å². The average molecular weight is 393 g/mol. The van der Waals surface area contributed by atoms with E-state index in [1.54, 1.807) is 0 Å². The predicted molar refractivity (Wildman–Crippen MR) is 118 cm³/mol. The molecule has 0 aliphatic carbocycles. The molecule has 1 fully saturated rings. The van der Waals surface area contributed by atoms with Gasteiger partial charge in [-0.25, -0.2) is 0 Å². The molecule has 1 aliphatic rings. The summed E-state index contributed by atoms with van der Waals surface area (Å²) in [7, 11) is 0. The monoisotopic (exact) mass is 392 g/mol. The fourth-order valence-corrected chi connectivity index (χ4v) is 3.76. The van der Waals surface area contributed by atoms with Crippen LogP contribution in [-0.4, -0.2) is 29.8 Å². The van der Waals surface area contributed by atoms with Gasteiger partial charge in [0, 0.05) is 19.5 Å². The number of nitrogens with one attached hydrogen (secondary N) is 1. The minimum absolute atomic E-state index is 0.0204. The number of likely N-dealkylation sites (tertiary alicyclic amines) is 1. The summed E-state index contributed by atoms with van der Waals surface area (Å²) < 4.78 is 0. The zero-order valence-corrected chi connectivity index (χ0v) is 17.6. The third-order valence-electron chi connectivity index (χ3n) is 5.61. The van der Waals surface area contributed by atoms with Gasteiger partial charge in [-0.3, -0.25) is 9.59 Å². The molecule has 0 radical (unpaired) electrons. The van der Waals surface area contributed by atoms with Gasteiger partial charge in [-0.15, -0.1) is 0 Å². The average Bonchev–Trinajstić information content (AvgIpc) is 3.02. The van der Waals surface area contributed by atoms with Crippen LogP contribution >= 0.6 is 0 Å². The molecule has 4 nitrogen and oxygen atoms in total. The summed E-state index contributed by atoms with van der Waals surface area (Å²) in [4.78, 5) is 27.5. The number of anilines is 1. The van der Waals surface area contributed by atoms with Gasteiger partial charge in [0.2, 0.25) is 5.91 Å². The topological polar surface area (TPSA) is 49.4 Å². The lowest BCUT2D eigenvalue weighted by Crippen LogP contribution is -2.32. The van der Waals surface area contributed by atoms with Gasteiger partial charge in [0.1, 0.15) is 0 Å². The zero-order chi connectivity index (χ0) is 20.6. The molecule has 0 spiro atoms. The van der Waals surface area contributed by atoms with Gasteiger partial charge in [0.25, 0.3) is 5.91 Å². The van der Waals surface area contributed by atoms with Crippen molar-refractivity contribution < 1.29 is 9.59 Å². The molecule has 0 saturated carbocycles. The van der Waals surface area contributed by atoms with Gasteiger partial charge in [-0.1, -0.05) is 63.1 Å². The Kier molecular flexibility index (Phi) is 7.45. The molecular formula is C25H32N2O2. The van der Waals surface area contributed by atoms with Crippen molar-refractivity contribution in [1.82, 2.24) is 4.90 Å². The maximum Gasteiger partial charge on any atom is 0.255 e. The summed E-state index contributed by atoms with van der Waals surface area (Å²) in [5.74, 6) is 0.465. The minimum atomic E-state index is -0.0611. The van der Waals surface area contributed by atoms with E-state index < -0.39 is 0 Å². The molecule has 2 aromatic carbocycles. The summed E-state index contributed by atoms with van der Waals surface area (Å²) in [6.45, 7) is 5.95. The normalized spacial score (nSPS) is 14.5. The molecule has 29 heavy (non-hydrogen) atoms. The molecule has 0 unspecified atom stereocenters. The summed E-state index contributed by atoms with van der Waals surface area (Å²) in [5, 5.41) is 2.96. The van der Waals surface area contributed by atoms with Gasteiger partial charge in [-0.05, 0) is 48.4 Å². The first-order valence-corrected chi connectivity index (χ1v) is 10.8. The van der Waals surface area contributed by atoms with Crippen molar-refractivity contribution in [1.29, 1.82) is 0 Å². The van der Waals surface area contributed by atoms with E-state index in [0.717, 1.165) is 31.5 Å². The van der Waals surface area contributed by atoms with Gasteiger partial charge >= 0.3 is 0 Å². The third kappa shape index (κ3) is 5.93. The lowest BCUT2D eigenvalue weighted by atomic mass is 10.0. The third-order valence-corrected chi connectivity index (χ3v) is 5.61. The first-order valence-electron chi connectivity index (χ1n) is 10.8. The quantitative estimate of drug-likeness (QED) is 0.716. The zero-order valence-electron chi connectivity index (χ0n) is 17.6. The summed E-state index contributed by atoms with van der Waals surface area (Å²) in [6, 6.07) is 15.8. The molecule has 1 saturated heterocycles. The van der Waals surface area contributed by atoms with E-state index in [1.807, 2.05) is 29.2 Å². The predicted octanol–water partition coefficient (Wildman–Crippen LogP) is 5.40. The van der Waals surface area contributed by atoms with E-state index in [1.165, 1.54) is 18.4 Å². The second-order valence-corrected chi connectivity index (χ2v) is 8.20. The van der Waals surface area contributed by atoms with Crippen molar-refractivity contribution in [2.75, 3.05) is 18.4 Å². The van der Waals surface area contributed by atoms with E-state index in [0.29, 0.717) is 30.0 Å². The number of benzene rings is 2. The molecule has 0 bridgehead atoms. The minimum Gasteiger partial charge on any atom is -0.339 e. The van der Waals surface area contributed by atoms with Crippen LogP contribution in [0.1, 0.15) is 73.4 Å². The molecule has 2 amide bonds. The van der Waals surface area contributed by atoms with Gasteiger partial charge in [-0.2, -0.15) is 0 Å². The van der Waals surface area contributed by atoms with Gasteiger partial charge < -0.3 is 10.2 Å². The highest BCUT2D eigenvalue weighted by molar-refractivity contribution is 6.03. The van der Waals surface area contributed by atoms with Gasteiger partial charge in [0.05, 0.1) is 11.3 Å². The first-order chi connectivity index (χ1) is 14.0. The van der Waals surface area contributed by atoms with Crippen molar-refractivity contribution in [3.05, 3.63) is 65.2 Å². The van der Waals surface area contributed by atoms with Crippen molar-refractivity contribution >= 4 is 17.5 Å². The van der Waals surface area contributed by atoms with Crippen LogP contribution in [0.2, 0.25) is 0 Å². The number of hydrogen-bond acceptors (Lipinski definition) is 2. The second-order valence-electron chi connectivity index (χ2n) is 8.20. The Morgan fingerprint density at radius 1 is 0.931 bits per heavy atom. The van der Waals surface area contributed by atoms with Crippen LogP contribution in [0.4, 0.5) is 5.69 Å². The van der Waals surface area contributed by atoms with Crippen LogP contribution in [-0.2, 0) is 11.2 Å². The number of amides is 2. The SMILES string of the molecule is CC(C)c1ccc(CCC(=O)Nc2ccccc2C(=O)N2CCCCCC2)cc1. The van der Waals surface area contributed by atoms with E-state index in [4.69, 9.17) is 0 Å². The molecule has 2 aromatic rings. The number of rotatable bonds is 6. The molecule has 1 aliphatic heterocycles. The Morgan fingerprint density at radius 2 is 1.59 bits per heavy atom. The lowest BCUT2D eigenvalue weighted by molar-refractivity contribution is -0.116. The lowest BCUT2D eigenvalue weighted by Gasteiger charge is -2.22. The van der Waals surface area contributed by atoms with E-state index in [-0.39, 0.29) is 11.8 Å². The Bertz CT molecular complexity index is 819. The Hall–Kier alpha value is -2.62. The van der Waals surface area contributed by atoms with E-state index >= 15 is 0 Å². The highest BCUT2D eigenvalue weighted by Gasteiger charge is 2.20. The van der Waals surface area contributed by atoms with Gasteiger partial charge in [0.15, 0.2) is 0 Å². The van der Waals surface area contributed by atoms with E-state index in [9.17, 15) is 9.59 Å². The van der Waals surface area contributed by atoms with Crippen LogP contribution in [0.25, 0.3) is 0 Å². The fraction of sp³-hybridized carbons (Fsp3) is 0.440. The smallest absolute Gasteiger partial charge is 0.255 e. The van der Waals surface area contributed by atoms with Crippen LogP contribution in [0.15, 0.2) is 48.5 Å². The summed E-state index contributed by atoms with van der Waals surface area (Å²) in [6.07, 6.45) is 5.55. The van der Waals surface area contributed by atoms with E-state index in [2.05, 4.69) is 43.4 Å². The number of hydrogen-bond donors (Lipinski definition) is 1. The van der Waals surface area contributed by atoms with Crippen LogP contribution in [0, 0.1) is 0 Å². The summed E-state index contributed by atoms with van der Waals surface area (Å²) in [5.41, 5.74) is 3.66. The second kappa shape index (κ2) is 10.2. The number of para-hydroxylation sites is 1. The molecule has 3 rings (SSSR count). The first kappa shape index (κ1) is 21.1. The van der Waals surface area contributed by atoms with Crippen LogP contribution < -0.4 is 5.32 Å². The maximum absolute atomic E-state index is 13.0. The number of carbonyl (C=O) groups is 2. The molecule has 0 atom stereocenters. The Morgan fingerprint density at radius 3 is 2.24 bits per heavy atom. The van der Waals surface area contributed by atoms with Crippen molar-refractivity contribution in [3.63, 3.8) is 0 Å². The Balaban J connectivity index is 1.61. The fourth-order valence-electron chi connectivity index (χ4n) is 3.76. The maximum atomic E-state index is 13.0. The highest BCUT2D eigenvalue weighted by Crippen LogP contribution is 2.21. The molecular weight excluding hydrogens is 360 g/mol. The van der Waals surface area contributed by atoms with Crippen LogP contribution in [0.5, 0.6) is 0 Å². The highest BCUT2D eigenvalue weighted by atomic mass is 16.2. The molecule has 1 N–H and O–H groups in total. The number of carbonyl (C=O) groups excluding carboxylic acids is 2. The number of aryl methyl sites for hydroxylation is 1. The molecule has 4 heteroatoms. The van der Waals surface area contributed by atoms with Crippen molar-refractivity contribution in [2.45, 2.75) is 58.3 Å². The largest absolute Gasteiger partial charge is 0.339 e. The van der Waals surface area contributed by atoms with Crippen LogP contribution in [0.3, 0.4) is 0 Å².